The van der Waals surface area contributed by atoms with Crippen LogP contribution in [0.25, 0.3) is 5.69 Å². The Balaban J connectivity index is 1.78. The van der Waals surface area contributed by atoms with Crippen LogP contribution in [0.15, 0.2) is 58.6 Å². The first-order chi connectivity index (χ1) is 12.1. The predicted octanol–water partition coefficient (Wildman–Crippen LogP) is 1.94. The van der Waals surface area contributed by atoms with Crippen molar-refractivity contribution in [2.45, 2.75) is 13.8 Å². The molecule has 1 amide bonds. The predicted molar refractivity (Wildman–Crippen MR) is 95.2 cm³/mol. The first-order valence-electron chi connectivity index (χ1n) is 7.69. The first kappa shape index (κ1) is 16.4. The molecule has 2 heterocycles. The smallest absolute Gasteiger partial charge is 0.280 e. The molecule has 1 aromatic carbocycles. The number of para-hydroxylation sites is 1. The fourth-order valence-corrected chi connectivity index (χ4v) is 2.29. The molecule has 0 saturated heterocycles. The molecule has 25 heavy (non-hydrogen) atoms. The van der Waals surface area contributed by atoms with E-state index in [0.717, 1.165) is 11.4 Å². The van der Waals surface area contributed by atoms with Gasteiger partial charge < -0.3 is 0 Å². The second kappa shape index (κ2) is 6.96. The highest BCUT2D eigenvalue weighted by Crippen LogP contribution is 2.05. The number of aryl methyl sites for hydroxylation is 2. The number of aromatic amines is 1. The third kappa shape index (κ3) is 3.55. The number of hydrogen-bond acceptors (Lipinski definition) is 4. The van der Waals surface area contributed by atoms with Crippen LogP contribution in [0, 0.1) is 13.8 Å². The van der Waals surface area contributed by atoms with Crippen LogP contribution in [0.3, 0.4) is 0 Å². The van der Waals surface area contributed by atoms with E-state index >= 15 is 0 Å². The second-order valence-corrected chi connectivity index (χ2v) is 5.51. The quantitative estimate of drug-likeness (QED) is 0.564. The Morgan fingerprint density at radius 1 is 1.20 bits per heavy atom. The van der Waals surface area contributed by atoms with Crippen LogP contribution in [0.2, 0.25) is 0 Å². The monoisotopic (exact) mass is 335 g/mol. The molecule has 7 heteroatoms. The lowest BCUT2D eigenvalue weighted by molar-refractivity contribution is 0.0955. The van der Waals surface area contributed by atoms with Crippen LogP contribution < -0.4 is 11.0 Å². The molecule has 0 unspecified atom stereocenters. The molecule has 0 aliphatic carbocycles. The summed E-state index contributed by atoms with van der Waals surface area (Å²) >= 11 is 0. The number of nitrogens with one attached hydrogen (secondary N) is 2. The lowest BCUT2D eigenvalue weighted by atomic mass is 10.2. The van der Waals surface area contributed by atoms with Gasteiger partial charge in [0.15, 0.2) is 0 Å². The molecule has 2 aromatic heterocycles. The number of pyridine rings is 1. The Morgan fingerprint density at radius 2 is 1.96 bits per heavy atom. The number of carbonyl (C=O) groups is 1. The van der Waals surface area contributed by atoms with E-state index in [1.165, 1.54) is 17.1 Å². The average molecular weight is 335 g/mol. The van der Waals surface area contributed by atoms with Crippen molar-refractivity contribution in [1.29, 1.82) is 0 Å². The van der Waals surface area contributed by atoms with Gasteiger partial charge in [-0.25, -0.2) is 10.1 Å². The minimum atomic E-state index is -0.389. The molecule has 0 bridgehead atoms. The fraction of sp³-hybridized carbons (Fsp3) is 0.111. The van der Waals surface area contributed by atoms with E-state index < -0.39 is 0 Å². The van der Waals surface area contributed by atoms with Crippen LogP contribution >= 0.6 is 0 Å². The Morgan fingerprint density at radius 3 is 2.64 bits per heavy atom. The normalized spacial score (nSPS) is 11.0. The largest absolute Gasteiger partial charge is 0.295 e. The van der Waals surface area contributed by atoms with Gasteiger partial charge in [-0.15, -0.1) is 0 Å². The Bertz CT molecular complexity index is 969. The van der Waals surface area contributed by atoms with Gasteiger partial charge in [0.05, 0.1) is 23.0 Å². The van der Waals surface area contributed by atoms with Crippen molar-refractivity contribution < 1.29 is 4.79 Å². The van der Waals surface area contributed by atoms with Crippen molar-refractivity contribution in [2.24, 2.45) is 5.10 Å². The number of carbonyl (C=O) groups excluding carboxylic acids is 1. The molecule has 0 fully saturated rings. The Hall–Kier alpha value is -3.48. The number of nitrogens with zero attached hydrogens (tertiary/aromatic N) is 3. The van der Waals surface area contributed by atoms with Crippen molar-refractivity contribution in [3.05, 3.63) is 81.5 Å². The highest BCUT2D eigenvalue weighted by molar-refractivity contribution is 5.94. The summed E-state index contributed by atoms with van der Waals surface area (Å²) in [7, 11) is 0. The van der Waals surface area contributed by atoms with Gasteiger partial charge in [0.1, 0.15) is 0 Å². The molecule has 7 nitrogen and oxygen atoms in total. The SMILES string of the molecule is Cc1ccc(C(=O)N/N=C/c2c(C)[nH]n(-c3ccccc3)c2=O)cn1. The number of amides is 1. The summed E-state index contributed by atoms with van der Waals surface area (Å²) in [5.74, 6) is -0.389. The highest BCUT2D eigenvalue weighted by Gasteiger charge is 2.10. The maximum atomic E-state index is 12.5. The third-order valence-corrected chi connectivity index (χ3v) is 3.66. The number of hydrogen-bond donors (Lipinski definition) is 2. The molecular formula is C18H17N5O2. The zero-order chi connectivity index (χ0) is 17.8. The number of H-pyrrole nitrogens is 1. The number of hydrazone groups is 1. The van der Waals surface area contributed by atoms with Crippen molar-refractivity contribution in [3.8, 4) is 5.69 Å². The molecule has 0 radical (unpaired) electrons. The van der Waals surface area contributed by atoms with Gasteiger partial charge >= 0.3 is 0 Å². The van der Waals surface area contributed by atoms with E-state index in [4.69, 9.17) is 0 Å². The summed E-state index contributed by atoms with van der Waals surface area (Å²) in [6, 6.07) is 12.6. The minimum Gasteiger partial charge on any atom is -0.295 e. The number of aromatic nitrogens is 3. The van der Waals surface area contributed by atoms with Gasteiger partial charge in [-0.1, -0.05) is 18.2 Å². The van der Waals surface area contributed by atoms with E-state index in [1.54, 1.807) is 19.1 Å². The van der Waals surface area contributed by atoms with Crippen molar-refractivity contribution in [3.63, 3.8) is 0 Å². The van der Waals surface area contributed by atoms with Gasteiger partial charge in [-0.2, -0.15) is 5.10 Å². The Kier molecular flexibility index (Phi) is 4.56. The van der Waals surface area contributed by atoms with Crippen LogP contribution in [0.5, 0.6) is 0 Å². The van der Waals surface area contributed by atoms with E-state index in [2.05, 4.69) is 20.6 Å². The van der Waals surface area contributed by atoms with E-state index in [-0.39, 0.29) is 11.5 Å². The van der Waals surface area contributed by atoms with E-state index in [0.29, 0.717) is 16.8 Å². The summed E-state index contributed by atoms with van der Waals surface area (Å²) in [5, 5.41) is 6.88. The molecule has 3 aromatic rings. The summed E-state index contributed by atoms with van der Waals surface area (Å²) in [6.07, 6.45) is 2.82. The molecule has 0 aliphatic heterocycles. The maximum absolute atomic E-state index is 12.5. The molecule has 3 rings (SSSR count). The van der Waals surface area contributed by atoms with E-state index in [9.17, 15) is 9.59 Å². The second-order valence-electron chi connectivity index (χ2n) is 5.51. The molecule has 0 saturated carbocycles. The van der Waals surface area contributed by atoms with Crippen LogP contribution in [0.4, 0.5) is 0 Å². The van der Waals surface area contributed by atoms with Gasteiger partial charge in [0.25, 0.3) is 11.5 Å². The van der Waals surface area contributed by atoms with Crippen LogP contribution in [-0.2, 0) is 0 Å². The number of rotatable bonds is 4. The van der Waals surface area contributed by atoms with Gasteiger partial charge in [0.2, 0.25) is 0 Å². The standard InChI is InChI=1S/C18H17N5O2/c1-12-8-9-14(10-19-12)17(24)21-20-11-16-13(2)22-23(18(16)25)15-6-4-3-5-7-15/h3-11,22H,1-2H3,(H,21,24)/b20-11+. The highest BCUT2D eigenvalue weighted by atomic mass is 16.2. The lowest BCUT2D eigenvalue weighted by Crippen LogP contribution is -2.20. The molecule has 0 spiro atoms. The molecule has 126 valence electrons. The summed E-state index contributed by atoms with van der Waals surface area (Å²) in [6.45, 7) is 3.61. The maximum Gasteiger partial charge on any atom is 0.280 e. The van der Waals surface area contributed by atoms with E-state index in [1.807, 2.05) is 37.3 Å². The van der Waals surface area contributed by atoms with Crippen molar-refractivity contribution >= 4 is 12.1 Å². The summed E-state index contributed by atoms with van der Waals surface area (Å²) in [4.78, 5) is 28.5. The molecular weight excluding hydrogens is 318 g/mol. The van der Waals surface area contributed by atoms with Crippen LogP contribution in [0.1, 0.15) is 27.3 Å². The zero-order valence-corrected chi connectivity index (χ0v) is 13.9. The number of benzene rings is 1. The van der Waals surface area contributed by atoms with Gasteiger partial charge in [-0.05, 0) is 38.1 Å². The fourth-order valence-electron chi connectivity index (χ4n) is 2.29. The lowest BCUT2D eigenvalue weighted by Gasteiger charge is -1.99. The summed E-state index contributed by atoms with van der Waals surface area (Å²) in [5.41, 5.74) is 5.15. The van der Waals surface area contributed by atoms with Crippen molar-refractivity contribution in [1.82, 2.24) is 20.2 Å². The molecule has 2 N–H and O–H groups in total. The average Bonchev–Trinajstić information content (AvgIpc) is 2.91. The van der Waals surface area contributed by atoms with Crippen LogP contribution in [-0.4, -0.2) is 26.9 Å². The summed E-state index contributed by atoms with van der Waals surface area (Å²) < 4.78 is 1.43. The van der Waals surface area contributed by atoms with Crippen molar-refractivity contribution in [2.75, 3.05) is 0 Å². The minimum absolute atomic E-state index is 0.237. The zero-order valence-electron chi connectivity index (χ0n) is 13.9. The molecule has 0 atom stereocenters. The topological polar surface area (TPSA) is 92.1 Å². The van der Waals surface area contributed by atoms with Gasteiger partial charge in [0, 0.05) is 17.6 Å². The molecule has 0 aliphatic rings. The Labute approximate surface area is 144 Å². The third-order valence-electron chi connectivity index (χ3n) is 3.66. The van der Waals surface area contributed by atoms with Gasteiger partial charge in [-0.3, -0.25) is 19.7 Å². The first-order valence-corrected chi connectivity index (χ1v) is 7.69.